The normalized spacial score (nSPS) is 32.7. The maximum atomic E-state index is 7.01. The molecule has 1 saturated heterocycles. The number of ether oxygens (including phenoxy) is 3. The Morgan fingerprint density at radius 3 is 2.09 bits per heavy atom. The highest BCUT2D eigenvalue weighted by atomic mass is 16.7. The Morgan fingerprint density at radius 2 is 1.51 bits per heavy atom. The predicted molar refractivity (Wildman–Crippen MR) is 141 cm³/mol. The van der Waals surface area contributed by atoms with Crippen molar-refractivity contribution in [1.82, 2.24) is 0 Å². The number of benzene rings is 2. The lowest BCUT2D eigenvalue weighted by molar-refractivity contribution is -0.212. The topological polar surface area (TPSA) is 27.7 Å². The summed E-state index contributed by atoms with van der Waals surface area (Å²) in [7, 11) is 0. The molecule has 5 rings (SSSR count). The molecule has 0 spiro atoms. The SMILES string of the molecule is Cc1ccccc1C(O[C@H]1C[C@@H]2[C@H]3CC[C@@](C)([C@@H]2O1)C3(C)C)[C@@H](OCC(C)C)c1ccccc1C. The number of rotatable bonds is 8. The first kappa shape index (κ1) is 25.0. The lowest BCUT2D eigenvalue weighted by Gasteiger charge is -2.39. The minimum Gasteiger partial charge on any atom is -0.370 e. The van der Waals surface area contributed by atoms with Crippen molar-refractivity contribution in [1.29, 1.82) is 0 Å². The molecule has 3 nitrogen and oxygen atoms in total. The fraction of sp³-hybridized carbons (Fsp3) is 0.625. The summed E-state index contributed by atoms with van der Waals surface area (Å²) in [5.74, 6) is 1.77. The molecule has 2 aromatic rings. The van der Waals surface area contributed by atoms with Crippen molar-refractivity contribution >= 4 is 0 Å². The van der Waals surface area contributed by atoms with E-state index in [4.69, 9.17) is 14.2 Å². The Balaban J connectivity index is 1.48. The highest BCUT2D eigenvalue weighted by Crippen LogP contribution is 2.71. The molecule has 0 N–H and O–H groups in total. The van der Waals surface area contributed by atoms with Crippen LogP contribution in [0.4, 0.5) is 0 Å². The third-order valence-electron chi connectivity index (χ3n) is 9.84. The second kappa shape index (κ2) is 9.32. The van der Waals surface area contributed by atoms with Gasteiger partial charge in [0.1, 0.15) is 12.2 Å². The first-order valence-corrected chi connectivity index (χ1v) is 13.7. The minimum absolute atomic E-state index is 0.188. The molecule has 3 fully saturated rings. The van der Waals surface area contributed by atoms with Crippen molar-refractivity contribution in [3.63, 3.8) is 0 Å². The molecule has 1 unspecified atom stereocenters. The second-order valence-corrected chi connectivity index (χ2v) is 12.6. The van der Waals surface area contributed by atoms with Gasteiger partial charge in [-0.3, -0.25) is 0 Å². The van der Waals surface area contributed by atoms with Crippen LogP contribution in [0.3, 0.4) is 0 Å². The fourth-order valence-corrected chi connectivity index (χ4v) is 7.49. The molecule has 190 valence electrons. The van der Waals surface area contributed by atoms with E-state index in [1.54, 1.807) is 0 Å². The third kappa shape index (κ3) is 4.18. The molecule has 0 radical (unpaired) electrons. The van der Waals surface area contributed by atoms with Crippen LogP contribution in [0.2, 0.25) is 0 Å². The summed E-state index contributed by atoms with van der Waals surface area (Å²) in [5, 5.41) is 0. The molecule has 3 aliphatic rings. The fourth-order valence-electron chi connectivity index (χ4n) is 7.49. The molecule has 35 heavy (non-hydrogen) atoms. The Kier molecular flexibility index (Phi) is 6.66. The minimum atomic E-state index is -0.224. The van der Waals surface area contributed by atoms with E-state index in [0.29, 0.717) is 30.0 Å². The van der Waals surface area contributed by atoms with Crippen LogP contribution in [0.25, 0.3) is 0 Å². The van der Waals surface area contributed by atoms with Gasteiger partial charge in [0, 0.05) is 13.0 Å². The van der Waals surface area contributed by atoms with Crippen LogP contribution in [-0.2, 0) is 14.2 Å². The Hall–Kier alpha value is -1.68. The molecule has 2 saturated carbocycles. The Bertz CT molecular complexity index is 1040. The van der Waals surface area contributed by atoms with Crippen LogP contribution < -0.4 is 0 Å². The van der Waals surface area contributed by atoms with Crippen molar-refractivity contribution in [3.8, 4) is 0 Å². The van der Waals surface area contributed by atoms with Crippen molar-refractivity contribution in [2.75, 3.05) is 6.61 Å². The van der Waals surface area contributed by atoms with Gasteiger partial charge in [0.15, 0.2) is 6.29 Å². The van der Waals surface area contributed by atoms with E-state index in [2.05, 4.69) is 97.0 Å². The van der Waals surface area contributed by atoms with E-state index in [1.165, 1.54) is 35.1 Å². The van der Waals surface area contributed by atoms with E-state index >= 15 is 0 Å². The van der Waals surface area contributed by atoms with Gasteiger partial charge in [-0.1, -0.05) is 83.1 Å². The summed E-state index contributed by atoms with van der Waals surface area (Å²) in [6, 6.07) is 17.2. The summed E-state index contributed by atoms with van der Waals surface area (Å²) >= 11 is 0. The lowest BCUT2D eigenvalue weighted by atomic mass is 9.70. The van der Waals surface area contributed by atoms with Gasteiger partial charge in [-0.05, 0) is 77.5 Å². The first-order chi connectivity index (χ1) is 16.6. The standard InChI is InChI=1S/C32H44O3/c1-20(2)19-33-28(23-14-10-8-12-21(23)3)29(24-15-11-9-13-22(24)4)34-27-18-25-26-16-17-32(7,30(25)35-27)31(26,5)6/h8-15,20,25-30H,16-19H2,1-7H3/t25-,26-,27-,28+,29?,30-,32+/m1/s1. The number of aryl methyl sites for hydroxylation is 2. The highest BCUT2D eigenvalue weighted by Gasteiger charge is 2.69. The summed E-state index contributed by atoms with van der Waals surface area (Å²) < 4.78 is 20.5. The molecular weight excluding hydrogens is 432 g/mol. The zero-order valence-corrected chi connectivity index (χ0v) is 22.7. The van der Waals surface area contributed by atoms with Crippen molar-refractivity contribution < 1.29 is 14.2 Å². The molecule has 1 heterocycles. The lowest BCUT2D eigenvalue weighted by Crippen LogP contribution is -2.38. The van der Waals surface area contributed by atoms with Crippen molar-refractivity contribution in [3.05, 3.63) is 70.8 Å². The van der Waals surface area contributed by atoms with Crippen LogP contribution in [-0.4, -0.2) is 19.0 Å². The molecule has 2 bridgehead atoms. The van der Waals surface area contributed by atoms with Gasteiger partial charge in [0.2, 0.25) is 0 Å². The Morgan fingerprint density at radius 1 is 0.914 bits per heavy atom. The van der Waals surface area contributed by atoms with Crippen LogP contribution in [0.5, 0.6) is 0 Å². The number of hydrogen-bond donors (Lipinski definition) is 0. The van der Waals surface area contributed by atoms with Crippen LogP contribution in [0, 0.1) is 42.4 Å². The maximum absolute atomic E-state index is 7.01. The highest BCUT2D eigenvalue weighted by molar-refractivity contribution is 5.34. The van der Waals surface area contributed by atoms with Gasteiger partial charge >= 0.3 is 0 Å². The number of fused-ring (bicyclic) bond motifs is 5. The molecular formula is C32H44O3. The van der Waals surface area contributed by atoms with E-state index < -0.39 is 0 Å². The van der Waals surface area contributed by atoms with Crippen LogP contribution in [0.1, 0.15) is 88.3 Å². The molecule has 0 aromatic heterocycles. The molecule has 0 amide bonds. The van der Waals surface area contributed by atoms with Gasteiger partial charge < -0.3 is 14.2 Å². The van der Waals surface area contributed by atoms with Crippen LogP contribution in [0.15, 0.2) is 48.5 Å². The van der Waals surface area contributed by atoms with E-state index in [0.717, 1.165) is 12.3 Å². The predicted octanol–water partition coefficient (Wildman–Crippen LogP) is 7.96. The second-order valence-electron chi connectivity index (χ2n) is 12.6. The average molecular weight is 477 g/mol. The third-order valence-corrected chi connectivity index (χ3v) is 9.84. The van der Waals surface area contributed by atoms with E-state index in [1.807, 2.05) is 0 Å². The zero-order chi connectivity index (χ0) is 25.0. The summed E-state index contributed by atoms with van der Waals surface area (Å²) in [6.45, 7) is 16.8. The van der Waals surface area contributed by atoms with Gasteiger partial charge in [0.05, 0.1) is 6.10 Å². The molecule has 2 aromatic carbocycles. The number of hydrogen-bond acceptors (Lipinski definition) is 3. The first-order valence-electron chi connectivity index (χ1n) is 13.7. The monoisotopic (exact) mass is 476 g/mol. The smallest absolute Gasteiger partial charge is 0.159 e. The molecule has 3 heteroatoms. The largest absolute Gasteiger partial charge is 0.370 e. The van der Waals surface area contributed by atoms with Crippen molar-refractivity contribution in [2.24, 2.45) is 28.6 Å². The van der Waals surface area contributed by atoms with Gasteiger partial charge in [-0.2, -0.15) is 0 Å². The summed E-state index contributed by atoms with van der Waals surface area (Å²) in [5.41, 5.74) is 5.44. The maximum Gasteiger partial charge on any atom is 0.159 e. The summed E-state index contributed by atoms with van der Waals surface area (Å²) in [6.07, 6.45) is 3.27. The average Bonchev–Trinajstić information content (AvgIpc) is 3.38. The van der Waals surface area contributed by atoms with Gasteiger partial charge in [-0.15, -0.1) is 0 Å². The molecule has 1 aliphatic heterocycles. The quantitative estimate of drug-likeness (QED) is 0.387. The van der Waals surface area contributed by atoms with Gasteiger partial charge in [-0.25, -0.2) is 0 Å². The van der Waals surface area contributed by atoms with Gasteiger partial charge in [0.25, 0.3) is 0 Å². The summed E-state index contributed by atoms with van der Waals surface area (Å²) in [4.78, 5) is 0. The van der Waals surface area contributed by atoms with Crippen molar-refractivity contribution in [2.45, 2.75) is 92.3 Å². The van der Waals surface area contributed by atoms with Crippen LogP contribution >= 0.6 is 0 Å². The van der Waals surface area contributed by atoms with E-state index in [9.17, 15) is 0 Å². The zero-order valence-electron chi connectivity index (χ0n) is 22.7. The van der Waals surface area contributed by atoms with E-state index in [-0.39, 0.29) is 23.9 Å². The molecule has 7 atom stereocenters. The molecule has 2 aliphatic carbocycles. The Labute approximate surface area is 212 Å².